The summed E-state index contributed by atoms with van der Waals surface area (Å²) in [4.78, 5) is 5.05. The number of tetrazole rings is 1. The summed E-state index contributed by atoms with van der Waals surface area (Å²) in [7, 11) is -5.72. The normalized spacial score (nSPS) is 12.0. The number of nitrogens with two attached hydrogens (primary N) is 2. The molecule has 2 aromatic heterocycles. The van der Waals surface area contributed by atoms with Gasteiger partial charge in [-0.15, -0.1) is 21.5 Å². The summed E-state index contributed by atoms with van der Waals surface area (Å²) in [5, 5.41) is 13.8. The van der Waals surface area contributed by atoms with Gasteiger partial charge in [-0.1, -0.05) is 42.5 Å². The van der Waals surface area contributed by atoms with Crippen molar-refractivity contribution >= 4 is 41.4 Å². The molecule has 0 aliphatic heterocycles. The van der Waals surface area contributed by atoms with Gasteiger partial charge in [0.25, 0.3) is 0 Å². The molecule has 0 saturated carbocycles. The van der Waals surface area contributed by atoms with Gasteiger partial charge in [-0.3, -0.25) is 0 Å². The lowest BCUT2D eigenvalue weighted by molar-refractivity contribution is 0.414. The second-order valence-electron chi connectivity index (χ2n) is 11.1. The van der Waals surface area contributed by atoms with Crippen molar-refractivity contribution in [1.29, 1.82) is 0 Å². The fourth-order valence-electron chi connectivity index (χ4n) is 5.38. The van der Waals surface area contributed by atoms with Gasteiger partial charge in [0.05, 0.1) is 47.2 Å². The number of nitrogens with zero attached hydrogens (tertiary/aromatic N) is 5. The van der Waals surface area contributed by atoms with Gasteiger partial charge < -0.3 is 20.9 Å². The lowest BCUT2D eigenvalue weighted by atomic mass is 9.98. The van der Waals surface area contributed by atoms with Crippen LogP contribution < -0.4 is 25.7 Å². The number of methoxy groups -OCH3 is 2. The number of sulfone groups is 1. The van der Waals surface area contributed by atoms with Crippen molar-refractivity contribution in [1.82, 2.24) is 29.9 Å². The first-order valence-corrected chi connectivity index (χ1v) is 19.2. The molecule has 0 aliphatic carbocycles. The Morgan fingerprint density at radius 3 is 2.16 bits per heavy atom. The van der Waals surface area contributed by atoms with Gasteiger partial charge in [0.1, 0.15) is 21.4 Å². The first kappa shape index (κ1) is 35.1. The molecule has 0 unspecified atom stereocenters. The molecule has 0 aliphatic rings. The lowest BCUT2D eigenvalue weighted by Gasteiger charge is -2.18. The van der Waals surface area contributed by atoms with Crippen molar-refractivity contribution in [2.75, 3.05) is 26.5 Å². The van der Waals surface area contributed by atoms with Gasteiger partial charge in [0.2, 0.25) is 15.8 Å². The first-order chi connectivity index (χ1) is 24.1. The molecule has 260 valence electrons. The molecular formula is C33H34N8O6S3. The molecule has 0 spiro atoms. The Morgan fingerprint density at radius 2 is 1.52 bits per heavy atom. The SMILES string of the molecule is COc1ccc(CNS(=O)(=O)c2c(S(=O)(=O)CCN)ccc(-c3cccc4sc(CN)nc34)c2-c2nnn(Cc3ccc(OC)cc3)n2)cc1. The highest BCUT2D eigenvalue weighted by atomic mass is 32.2. The van der Waals surface area contributed by atoms with Gasteiger partial charge >= 0.3 is 0 Å². The Kier molecular flexibility index (Phi) is 10.2. The van der Waals surface area contributed by atoms with Gasteiger partial charge in [0, 0.05) is 25.2 Å². The molecule has 4 aromatic carbocycles. The summed E-state index contributed by atoms with van der Waals surface area (Å²) in [5.74, 6) is 0.674. The molecule has 0 bridgehead atoms. The van der Waals surface area contributed by atoms with Crippen molar-refractivity contribution in [3.8, 4) is 34.0 Å². The van der Waals surface area contributed by atoms with Crippen LogP contribution in [0.4, 0.5) is 0 Å². The number of hydrogen-bond donors (Lipinski definition) is 3. The lowest BCUT2D eigenvalue weighted by Crippen LogP contribution is -2.27. The molecular weight excluding hydrogens is 701 g/mol. The van der Waals surface area contributed by atoms with Crippen LogP contribution in [0.15, 0.2) is 88.7 Å². The molecule has 6 rings (SSSR count). The average Bonchev–Trinajstić information content (AvgIpc) is 3.78. The van der Waals surface area contributed by atoms with E-state index in [0.717, 1.165) is 10.3 Å². The predicted molar refractivity (Wildman–Crippen MR) is 190 cm³/mol. The van der Waals surface area contributed by atoms with Crippen LogP contribution in [-0.2, 0) is 39.5 Å². The zero-order valence-electron chi connectivity index (χ0n) is 27.1. The van der Waals surface area contributed by atoms with Gasteiger partial charge in [0.15, 0.2) is 9.84 Å². The van der Waals surface area contributed by atoms with Gasteiger partial charge in [-0.25, -0.2) is 26.5 Å². The zero-order chi connectivity index (χ0) is 35.5. The van der Waals surface area contributed by atoms with Crippen LogP contribution in [0.25, 0.3) is 32.7 Å². The molecule has 50 heavy (non-hydrogen) atoms. The number of ether oxygens (including phenoxy) is 2. The molecule has 6 aromatic rings. The molecule has 2 heterocycles. The topological polar surface area (TPSA) is 207 Å². The molecule has 0 atom stereocenters. The minimum atomic E-state index is -4.60. The molecule has 5 N–H and O–H groups in total. The van der Waals surface area contributed by atoms with Crippen LogP contribution in [0.1, 0.15) is 16.1 Å². The van der Waals surface area contributed by atoms with E-state index in [2.05, 4.69) is 20.1 Å². The van der Waals surface area contributed by atoms with E-state index in [4.69, 9.17) is 25.9 Å². The number of fused-ring (bicyclic) bond motifs is 1. The summed E-state index contributed by atoms with van der Waals surface area (Å²) in [6.45, 7) is 0.0227. The third-order valence-corrected chi connectivity index (χ3v) is 12.3. The van der Waals surface area contributed by atoms with E-state index >= 15 is 0 Å². The number of nitrogens with one attached hydrogen (secondary N) is 1. The summed E-state index contributed by atoms with van der Waals surface area (Å²) >= 11 is 1.41. The predicted octanol–water partition coefficient (Wildman–Crippen LogP) is 3.35. The molecule has 0 saturated heterocycles. The summed E-state index contributed by atoms with van der Waals surface area (Å²) < 4.78 is 70.3. The summed E-state index contributed by atoms with van der Waals surface area (Å²) in [6, 6.07) is 22.3. The van der Waals surface area contributed by atoms with E-state index in [0.29, 0.717) is 38.7 Å². The minimum absolute atomic E-state index is 0.0545. The third-order valence-electron chi connectivity index (χ3n) is 7.82. The first-order valence-electron chi connectivity index (χ1n) is 15.3. The van der Waals surface area contributed by atoms with E-state index in [-0.39, 0.29) is 37.6 Å². The van der Waals surface area contributed by atoms with Crippen LogP contribution >= 0.6 is 11.3 Å². The van der Waals surface area contributed by atoms with Crippen molar-refractivity contribution in [2.45, 2.75) is 29.4 Å². The average molecular weight is 735 g/mol. The summed E-state index contributed by atoms with van der Waals surface area (Å²) in [5.41, 5.74) is 14.4. The molecule has 17 heteroatoms. The number of thiazole rings is 1. The highest BCUT2D eigenvalue weighted by Crippen LogP contribution is 2.42. The Balaban J connectivity index is 1.58. The van der Waals surface area contributed by atoms with Crippen LogP contribution in [0.3, 0.4) is 0 Å². The smallest absolute Gasteiger partial charge is 0.242 e. The zero-order valence-corrected chi connectivity index (χ0v) is 29.6. The van der Waals surface area contributed by atoms with Crippen molar-refractivity contribution in [2.24, 2.45) is 11.5 Å². The van der Waals surface area contributed by atoms with Gasteiger partial charge in [-0.2, -0.15) is 4.80 Å². The largest absolute Gasteiger partial charge is 0.497 e. The Morgan fingerprint density at radius 1 is 0.840 bits per heavy atom. The maximum atomic E-state index is 14.5. The van der Waals surface area contributed by atoms with E-state index in [1.807, 2.05) is 24.3 Å². The van der Waals surface area contributed by atoms with E-state index < -0.39 is 35.4 Å². The summed E-state index contributed by atoms with van der Waals surface area (Å²) in [6.07, 6.45) is 0. The Bertz CT molecular complexity index is 2360. The van der Waals surface area contributed by atoms with Crippen LogP contribution in [0, 0.1) is 0 Å². The van der Waals surface area contributed by atoms with Crippen molar-refractivity contribution < 1.29 is 26.3 Å². The van der Waals surface area contributed by atoms with Crippen LogP contribution in [0.5, 0.6) is 11.5 Å². The number of rotatable bonds is 14. The maximum absolute atomic E-state index is 14.5. The monoisotopic (exact) mass is 734 g/mol. The van der Waals surface area contributed by atoms with Gasteiger partial charge in [-0.05, 0) is 58.3 Å². The van der Waals surface area contributed by atoms with Crippen molar-refractivity contribution in [3.63, 3.8) is 0 Å². The standard InChI is InChI=1S/C33H34N8O6S3/c1-46-23-10-6-21(7-11-23)19-36-50(44,45)32-28(49(42,43)17-16-34)15-14-25(26-4-3-5-27-31(26)37-29(18-35)48-27)30(32)33-38-40-41(39-33)20-22-8-12-24(47-2)13-9-22/h3-15,36H,16-20,34-35H2,1-2H3. The number of sulfonamides is 1. The van der Waals surface area contributed by atoms with E-state index in [1.54, 1.807) is 55.6 Å². The molecule has 0 radical (unpaired) electrons. The third kappa shape index (κ3) is 7.23. The Labute approximate surface area is 293 Å². The highest BCUT2D eigenvalue weighted by molar-refractivity contribution is 7.93. The fourth-order valence-corrected chi connectivity index (χ4v) is 9.46. The second kappa shape index (κ2) is 14.6. The number of para-hydroxylation sites is 1. The maximum Gasteiger partial charge on any atom is 0.242 e. The number of benzene rings is 4. The number of aromatic nitrogens is 5. The second-order valence-corrected chi connectivity index (χ2v) is 15.9. The minimum Gasteiger partial charge on any atom is -0.497 e. The Hall–Kier alpha value is -4.78. The van der Waals surface area contributed by atoms with Crippen LogP contribution in [-0.4, -0.2) is 68.5 Å². The molecule has 0 fully saturated rings. The quantitative estimate of drug-likeness (QED) is 0.147. The molecule has 14 nitrogen and oxygen atoms in total. The number of hydrogen-bond acceptors (Lipinski definition) is 13. The van der Waals surface area contributed by atoms with Crippen LogP contribution in [0.2, 0.25) is 0 Å². The highest BCUT2D eigenvalue weighted by Gasteiger charge is 2.34. The fraction of sp³-hybridized carbons (Fsp3) is 0.212. The van der Waals surface area contributed by atoms with E-state index in [9.17, 15) is 16.8 Å². The van der Waals surface area contributed by atoms with Crippen molar-refractivity contribution in [3.05, 3.63) is 95.0 Å². The molecule has 0 amide bonds. The van der Waals surface area contributed by atoms with E-state index in [1.165, 1.54) is 29.3 Å².